The molecule has 1 fully saturated rings. The fourth-order valence-corrected chi connectivity index (χ4v) is 2.98. The van der Waals surface area contributed by atoms with Crippen LogP contribution in [0.5, 0.6) is 11.6 Å². The first kappa shape index (κ1) is 17.2. The Bertz CT molecular complexity index is 1040. The van der Waals surface area contributed by atoms with E-state index in [0.717, 1.165) is 6.20 Å². The van der Waals surface area contributed by atoms with Gasteiger partial charge in [0.25, 0.3) is 0 Å². The number of halogens is 2. The number of aromatic nitrogens is 3. The summed E-state index contributed by atoms with van der Waals surface area (Å²) in [5, 5.41) is 3.26. The van der Waals surface area contributed by atoms with Gasteiger partial charge in [-0.25, -0.2) is 18.7 Å². The van der Waals surface area contributed by atoms with Crippen molar-refractivity contribution >= 4 is 22.8 Å². The van der Waals surface area contributed by atoms with Crippen molar-refractivity contribution in [2.45, 2.75) is 12.6 Å². The number of nitrogens with zero attached hydrogens (tertiary/aromatic N) is 2. The Morgan fingerprint density at radius 1 is 1.33 bits per heavy atom. The number of carbonyl (C=O) groups excluding carboxylic acids is 1. The Balaban J connectivity index is 1.74. The van der Waals surface area contributed by atoms with Gasteiger partial charge in [0.2, 0.25) is 11.8 Å². The molecule has 0 radical (unpaired) electrons. The molecule has 7 nitrogen and oxygen atoms in total. The fraction of sp³-hybridized carbons (Fsp3) is 0.278. The average molecular weight is 374 g/mol. The number of methoxy groups -OCH3 is 2. The first-order chi connectivity index (χ1) is 13.0. The molecule has 1 aliphatic rings. The zero-order valence-electron chi connectivity index (χ0n) is 14.5. The van der Waals surface area contributed by atoms with Crippen molar-refractivity contribution in [2.75, 3.05) is 19.5 Å². The second-order valence-corrected chi connectivity index (χ2v) is 6.17. The van der Waals surface area contributed by atoms with Gasteiger partial charge in [-0.1, -0.05) is 0 Å². The topological polar surface area (TPSA) is 89.1 Å². The number of nitrogens with one attached hydrogen (secondary N) is 2. The number of pyridine rings is 2. The molecule has 4 rings (SSSR count). The number of amides is 1. The molecule has 0 aromatic carbocycles. The van der Waals surface area contributed by atoms with Gasteiger partial charge in [-0.05, 0) is 18.6 Å². The minimum absolute atomic E-state index is 0.00264. The van der Waals surface area contributed by atoms with Crippen molar-refractivity contribution in [1.29, 1.82) is 0 Å². The van der Waals surface area contributed by atoms with Crippen LogP contribution in [0.3, 0.4) is 0 Å². The summed E-state index contributed by atoms with van der Waals surface area (Å²) in [6.07, 6.45) is 1.82. The minimum atomic E-state index is -1.08. The summed E-state index contributed by atoms with van der Waals surface area (Å²) in [5.74, 6) is -1.11. The molecule has 0 unspecified atom stereocenters. The highest BCUT2D eigenvalue weighted by Crippen LogP contribution is 2.41. The molecule has 0 aliphatic heterocycles. The van der Waals surface area contributed by atoms with Gasteiger partial charge in [-0.15, -0.1) is 0 Å². The molecule has 9 heteroatoms. The number of H-pyrrole nitrogens is 1. The molecule has 0 saturated heterocycles. The van der Waals surface area contributed by atoms with E-state index in [1.807, 2.05) is 0 Å². The van der Waals surface area contributed by atoms with Crippen LogP contribution < -0.4 is 14.8 Å². The van der Waals surface area contributed by atoms with Gasteiger partial charge in [0.1, 0.15) is 17.6 Å². The number of rotatable bonds is 5. The lowest BCUT2D eigenvalue weighted by Gasteiger charge is -2.12. The predicted octanol–water partition coefficient (Wildman–Crippen LogP) is 3.08. The largest absolute Gasteiger partial charge is 0.493 e. The number of carbonyl (C=O) groups is 1. The van der Waals surface area contributed by atoms with E-state index in [4.69, 9.17) is 9.47 Å². The highest BCUT2D eigenvalue weighted by atomic mass is 19.1. The molecule has 2 atom stereocenters. The summed E-state index contributed by atoms with van der Waals surface area (Å²) < 4.78 is 37.6. The van der Waals surface area contributed by atoms with Crippen molar-refractivity contribution in [2.24, 2.45) is 5.92 Å². The van der Waals surface area contributed by atoms with E-state index in [1.54, 1.807) is 18.3 Å². The van der Waals surface area contributed by atoms with Crippen LogP contribution in [0.25, 0.3) is 22.2 Å². The molecule has 27 heavy (non-hydrogen) atoms. The predicted molar refractivity (Wildman–Crippen MR) is 94.0 cm³/mol. The van der Waals surface area contributed by atoms with Crippen LogP contribution in [-0.4, -0.2) is 41.3 Å². The molecule has 0 bridgehead atoms. The Kier molecular flexibility index (Phi) is 4.14. The lowest BCUT2D eigenvalue weighted by atomic mass is 10.1. The molecule has 1 aliphatic carbocycles. The van der Waals surface area contributed by atoms with Crippen LogP contribution >= 0.6 is 0 Å². The quantitative estimate of drug-likeness (QED) is 0.716. The SMILES string of the molecule is COc1ncc(F)c(OC)c1-c1c[nH]c2nc(NC(=O)[C@H]3C[C@H]3F)ccc12. The normalized spacial score (nSPS) is 18.4. The third-order valence-corrected chi connectivity index (χ3v) is 4.46. The number of aromatic amines is 1. The van der Waals surface area contributed by atoms with Gasteiger partial charge < -0.3 is 19.8 Å². The van der Waals surface area contributed by atoms with Crippen LogP contribution in [0.15, 0.2) is 24.5 Å². The monoisotopic (exact) mass is 374 g/mol. The van der Waals surface area contributed by atoms with Gasteiger partial charge in [0, 0.05) is 17.1 Å². The van der Waals surface area contributed by atoms with E-state index in [2.05, 4.69) is 20.3 Å². The molecule has 3 aromatic rings. The van der Waals surface area contributed by atoms with Gasteiger partial charge >= 0.3 is 0 Å². The standard InChI is InChI=1S/C18H16F2N4O3/c1-26-15-12(20)7-22-18(27-2)14(15)10-6-21-16-8(10)3-4-13(23-16)24-17(25)9-5-11(9)19/h3-4,6-7,9,11H,5H2,1-2H3,(H2,21,23,24,25)/t9-,11+/m0/s1. The average Bonchev–Trinajstić information content (AvgIpc) is 3.26. The van der Waals surface area contributed by atoms with Crippen LogP contribution in [-0.2, 0) is 4.79 Å². The molecule has 3 aromatic heterocycles. The zero-order chi connectivity index (χ0) is 19.1. The summed E-state index contributed by atoms with van der Waals surface area (Å²) in [6, 6.07) is 3.31. The van der Waals surface area contributed by atoms with E-state index < -0.39 is 23.8 Å². The van der Waals surface area contributed by atoms with Crippen molar-refractivity contribution in [1.82, 2.24) is 15.0 Å². The molecule has 2 N–H and O–H groups in total. The molecule has 1 amide bonds. The van der Waals surface area contributed by atoms with Crippen molar-refractivity contribution in [3.8, 4) is 22.8 Å². The third-order valence-electron chi connectivity index (χ3n) is 4.46. The minimum Gasteiger partial charge on any atom is -0.493 e. The fourth-order valence-electron chi connectivity index (χ4n) is 2.98. The number of alkyl halides is 1. The van der Waals surface area contributed by atoms with Crippen LogP contribution in [0.2, 0.25) is 0 Å². The van der Waals surface area contributed by atoms with Crippen LogP contribution in [0.1, 0.15) is 6.42 Å². The maximum absolute atomic E-state index is 14.1. The molecule has 140 valence electrons. The Hall–Kier alpha value is -3.23. The van der Waals surface area contributed by atoms with Crippen molar-refractivity contribution < 1.29 is 23.0 Å². The van der Waals surface area contributed by atoms with Gasteiger partial charge in [0.15, 0.2) is 11.6 Å². The smallest absolute Gasteiger partial charge is 0.231 e. The third kappa shape index (κ3) is 2.94. The number of hydrogen-bond donors (Lipinski definition) is 2. The molecule has 3 heterocycles. The maximum atomic E-state index is 14.1. The molecule has 0 spiro atoms. The van der Waals surface area contributed by atoms with Gasteiger partial charge in [-0.3, -0.25) is 4.79 Å². The summed E-state index contributed by atoms with van der Waals surface area (Å²) in [6.45, 7) is 0. The molecular formula is C18H16F2N4O3. The van der Waals surface area contributed by atoms with Gasteiger partial charge in [0.05, 0.1) is 31.9 Å². The van der Waals surface area contributed by atoms with Crippen molar-refractivity contribution in [3.05, 3.63) is 30.3 Å². The van der Waals surface area contributed by atoms with E-state index in [0.29, 0.717) is 28.0 Å². The number of fused-ring (bicyclic) bond motifs is 1. The highest BCUT2D eigenvalue weighted by molar-refractivity contribution is 5.99. The van der Waals surface area contributed by atoms with E-state index in [-0.39, 0.29) is 18.1 Å². The Labute approximate surface area is 152 Å². The maximum Gasteiger partial charge on any atom is 0.231 e. The number of anilines is 1. The second-order valence-electron chi connectivity index (χ2n) is 6.17. The highest BCUT2D eigenvalue weighted by Gasteiger charge is 2.43. The van der Waals surface area contributed by atoms with Crippen molar-refractivity contribution in [3.63, 3.8) is 0 Å². The first-order valence-corrected chi connectivity index (χ1v) is 8.23. The van der Waals surface area contributed by atoms with E-state index in [1.165, 1.54) is 14.2 Å². The summed E-state index contributed by atoms with van der Waals surface area (Å²) in [4.78, 5) is 23.1. The zero-order valence-corrected chi connectivity index (χ0v) is 14.5. The summed E-state index contributed by atoms with van der Waals surface area (Å²) in [7, 11) is 2.79. The Morgan fingerprint density at radius 3 is 2.78 bits per heavy atom. The number of ether oxygens (including phenoxy) is 2. The molecular weight excluding hydrogens is 358 g/mol. The van der Waals surface area contributed by atoms with Gasteiger partial charge in [-0.2, -0.15) is 0 Å². The summed E-state index contributed by atoms with van der Waals surface area (Å²) in [5.41, 5.74) is 1.40. The summed E-state index contributed by atoms with van der Waals surface area (Å²) >= 11 is 0. The number of hydrogen-bond acceptors (Lipinski definition) is 5. The Morgan fingerprint density at radius 2 is 2.11 bits per heavy atom. The van der Waals surface area contributed by atoms with Crippen LogP contribution in [0.4, 0.5) is 14.6 Å². The van der Waals surface area contributed by atoms with E-state index >= 15 is 0 Å². The lowest BCUT2D eigenvalue weighted by molar-refractivity contribution is -0.117. The second kappa shape index (κ2) is 6.49. The first-order valence-electron chi connectivity index (χ1n) is 8.23. The molecule has 1 saturated carbocycles. The van der Waals surface area contributed by atoms with Crippen LogP contribution in [0, 0.1) is 11.7 Å². The van der Waals surface area contributed by atoms with E-state index in [9.17, 15) is 13.6 Å². The lowest BCUT2D eigenvalue weighted by Crippen LogP contribution is -2.15.